The minimum absolute atomic E-state index is 0.0497. The fourth-order valence-corrected chi connectivity index (χ4v) is 5.20. The molecule has 0 aliphatic carbocycles. The Morgan fingerprint density at radius 3 is 1.93 bits per heavy atom. The zero-order valence-electron chi connectivity index (χ0n) is 23.6. The van der Waals surface area contributed by atoms with Gasteiger partial charge in [-0.1, -0.05) is 26.7 Å². The largest absolute Gasteiger partial charge is 0.457 e. The zero-order valence-corrected chi connectivity index (χ0v) is 23.6. The quantitative estimate of drug-likeness (QED) is 0.251. The van der Waals surface area contributed by atoms with Crippen LogP contribution in [0.2, 0.25) is 0 Å². The first-order valence-electron chi connectivity index (χ1n) is 14.2. The molecule has 1 heterocycles. The minimum atomic E-state index is -0.727. The standard InChI is InChI=1S/C33H38FNO6/c1-3-23(4-2)21-33(39)13-15-35(16-14-33)32(38)19-24-17-29(40-27-9-5-25(6-10-27)31(37)22-36)20-30(18-24)41-28-11-7-26(34)8-12-28/h5-12,17-18,20,23,36,39H,3-4,13-16,19,21-22H2,1-2H3. The predicted octanol–water partition coefficient (Wildman–Crippen LogP) is 6.31. The van der Waals surface area contributed by atoms with E-state index >= 15 is 0 Å². The average molecular weight is 564 g/mol. The number of hydrogen-bond donors (Lipinski definition) is 2. The maximum atomic E-state index is 13.4. The van der Waals surface area contributed by atoms with Gasteiger partial charge >= 0.3 is 0 Å². The number of nitrogens with zero attached hydrogens (tertiary/aromatic N) is 1. The molecule has 0 aromatic heterocycles. The zero-order chi connectivity index (χ0) is 29.4. The highest BCUT2D eigenvalue weighted by molar-refractivity contribution is 5.96. The van der Waals surface area contributed by atoms with Gasteiger partial charge in [0.05, 0.1) is 12.0 Å². The van der Waals surface area contributed by atoms with Crippen LogP contribution >= 0.6 is 0 Å². The molecule has 0 spiro atoms. The van der Waals surface area contributed by atoms with Gasteiger partial charge in [-0.25, -0.2) is 4.39 Å². The highest BCUT2D eigenvalue weighted by Gasteiger charge is 2.35. The van der Waals surface area contributed by atoms with Crippen LogP contribution in [0.5, 0.6) is 23.0 Å². The molecule has 3 aromatic carbocycles. The van der Waals surface area contributed by atoms with Gasteiger partial charge in [0.25, 0.3) is 0 Å². The number of ketones is 1. The SMILES string of the molecule is CCC(CC)CC1(O)CCN(C(=O)Cc2cc(Oc3ccc(F)cc3)cc(Oc3ccc(C(=O)CO)cc3)c2)CC1. The summed E-state index contributed by atoms with van der Waals surface area (Å²) in [6, 6.07) is 17.2. The lowest BCUT2D eigenvalue weighted by atomic mass is 9.81. The molecule has 218 valence electrons. The molecule has 1 aliphatic rings. The van der Waals surface area contributed by atoms with E-state index in [4.69, 9.17) is 14.6 Å². The molecular weight excluding hydrogens is 525 g/mol. The number of ether oxygens (including phenoxy) is 2. The normalized spacial score (nSPS) is 14.6. The Morgan fingerprint density at radius 1 is 0.878 bits per heavy atom. The van der Waals surface area contributed by atoms with Crippen molar-refractivity contribution in [2.75, 3.05) is 19.7 Å². The van der Waals surface area contributed by atoms with E-state index in [1.807, 2.05) is 0 Å². The van der Waals surface area contributed by atoms with Crippen LogP contribution in [-0.4, -0.2) is 52.1 Å². The number of benzene rings is 3. The second kappa shape index (κ2) is 13.7. The van der Waals surface area contributed by atoms with Gasteiger partial charge in [0, 0.05) is 24.7 Å². The Kier molecular flexibility index (Phi) is 10.1. The lowest BCUT2D eigenvalue weighted by Crippen LogP contribution is -2.47. The Labute approximate surface area is 240 Å². The Bertz CT molecular complexity index is 1310. The molecule has 4 rings (SSSR count). The first-order valence-corrected chi connectivity index (χ1v) is 14.2. The summed E-state index contributed by atoms with van der Waals surface area (Å²) in [6.45, 7) is 4.73. The van der Waals surface area contributed by atoms with Crippen LogP contribution < -0.4 is 9.47 Å². The van der Waals surface area contributed by atoms with Gasteiger partial charge in [-0.15, -0.1) is 0 Å². The van der Waals surface area contributed by atoms with Gasteiger partial charge in [-0.2, -0.15) is 0 Å². The van der Waals surface area contributed by atoms with Crippen LogP contribution in [0.25, 0.3) is 0 Å². The summed E-state index contributed by atoms with van der Waals surface area (Å²) in [7, 11) is 0. The fraction of sp³-hybridized carbons (Fsp3) is 0.394. The third-order valence-corrected chi connectivity index (χ3v) is 7.77. The topological polar surface area (TPSA) is 96.3 Å². The molecule has 7 nitrogen and oxygen atoms in total. The van der Waals surface area contributed by atoms with E-state index in [2.05, 4.69) is 13.8 Å². The number of halogens is 1. The van der Waals surface area contributed by atoms with E-state index in [0.717, 1.165) is 19.3 Å². The van der Waals surface area contributed by atoms with Crippen LogP contribution in [0.3, 0.4) is 0 Å². The van der Waals surface area contributed by atoms with Gasteiger partial charge in [0.15, 0.2) is 5.78 Å². The molecule has 0 atom stereocenters. The lowest BCUT2D eigenvalue weighted by Gasteiger charge is -2.40. The van der Waals surface area contributed by atoms with Crippen molar-refractivity contribution in [1.82, 2.24) is 4.90 Å². The van der Waals surface area contributed by atoms with Crippen molar-refractivity contribution < 1.29 is 33.7 Å². The second-order valence-corrected chi connectivity index (χ2v) is 10.7. The number of likely N-dealkylation sites (tertiary alicyclic amines) is 1. The van der Waals surface area contributed by atoms with Crippen molar-refractivity contribution in [2.45, 2.75) is 58.0 Å². The van der Waals surface area contributed by atoms with Crippen LogP contribution in [0.4, 0.5) is 4.39 Å². The third-order valence-electron chi connectivity index (χ3n) is 7.77. The van der Waals surface area contributed by atoms with Crippen LogP contribution in [-0.2, 0) is 11.2 Å². The summed E-state index contributed by atoms with van der Waals surface area (Å²) >= 11 is 0. The van der Waals surface area contributed by atoms with Crippen molar-refractivity contribution in [3.8, 4) is 23.0 Å². The molecule has 0 saturated carbocycles. The fourth-order valence-electron chi connectivity index (χ4n) is 5.20. The van der Waals surface area contributed by atoms with E-state index in [-0.39, 0.29) is 18.1 Å². The number of hydrogen-bond acceptors (Lipinski definition) is 6. The van der Waals surface area contributed by atoms with Gasteiger partial charge < -0.3 is 24.6 Å². The summed E-state index contributed by atoms with van der Waals surface area (Å²) in [6.07, 6.45) is 4.07. The van der Waals surface area contributed by atoms with Crippen molar-refractivity contribution in [2.24, 2.45) is 5.92 Å². The molecule has 8 heteroatoms. The molecular formula is C33H38FNO6. The van der Waals surface area contributed by atoms with Crippen molar-refractivity contribution in [3.05, 3.63) is 83.7 Å². The summed E-state index contributed by atoms with van der Waals surface area (Å²) in [5, 5.41) is 20.2. The Morgan fingerprint density at radius 2 is 1.41 bits per heavy atom. The van der Waals surface area contributed by atoms with E-state index in [1.165, 1.54) is 24.3 Å². The maximum absolute atomic E-state index is 13.4. The van der Waals surface area contributed by atoms with Crippen LogP contribution in [0, 0.1) is 11.7 Å². The Hall–Kier alpha value is -3.75. The lowest BCUT2D eigenvalue weighted by molar-refractivity contribution is -0.135. The van der Waals surface area contributed by atoms with Gasteiger partial charge in [0.1, 0.15) is 35.4 Å². The number of aliphatic hydroxyl groups is 2. The molecule has 0 unspecified atom stereocenters. The van der Waals surface area contributed by atoms with Crippen molar-refractivity contribution >= 4 is 11.7 Å². The van der Waals surface area contributed by atoms with E-state index in [9.17, 15) is 19.1 Å². The summed E-state index contributed by atoms with van der Waals surface area (Å²) < 4.78 is 25.4. The predicted molar refractivity (Wildman–Crippen MR) is 154 cm³/mol. The minimum Gasteiger partial charge on any atom is -0.457 e. The first-order chi connectivity index (χ1) is 19.7. The molecule has 1 saturated heterocycles. The number of piperidine rings is 1. The number of aliphatic hydroxyl groups excluding tert-OH is 1. The molecule has 1 fully saturated rings. The number of carbonyl (C=O) groups excluding carboxylic acids is 2. The molecule has 1 aliphatic heterocycles. The van der Waals surface area contributed by atoms with Crippen LogP contribution in [0.1, 0.15) is 61.9 Å². The maximum Gasteiger partial charge on any atom is 0.226 e. The number of rotatable bonds is 12. The van der Waals surface area contributed by atoms with Gasteiger partial charge in [-0.05, 0) is 91.4 Å². The summed E-state index contributed by atoms with van der Waals surface area (Å²) in [5.41, 5.74) is 0.316. The third kappa shape index (κ3) is 8.38. The molecule has 0 bridgehead atoms. The van der Waals surface area contributed by atoms with Crippen molar-refractivity contribution in [1.29, 1.82) is 0 Å². The first kappa shape index (κ1) is 30.2. The molecule has 2 N–H and O–H groups in total. The van der Waals surface area contributed by atoms with Gasteiger partial charge in [-0.3, -0.25) is 9.59 Å². The molecule has 41 heavy (non-hydrogen) atoms. The van der Waals surface area contributed by atoms with Crippen molar-refractivity contribution in [3.63, 3.8) is 0 Å². The second-order valence-electron chi connectivity index (χ2n) is 10.7. The smallest absolute Gasteiger partial charge is 0.226 e. The number of amides is 1. The molecule has 1 amide bonds. The van der Waals surface area contributed by atoms with Gasteiger partial charge in [0.2, 0.25) is 5.91 Å². The number of carbonyl (C=O) groups is 2. The monoisotopic (exact) mass is 563 g/mol. The number of Topliss-reactive ketones (excluding diaryl/α,β-unsaturated/α-hetero) is 1. The average Bonchev–Trinajstić information content (AvgIpc) is 2.97. The summed E-state index contributed by atoms with van der Waals surface area (Å²) in [4.78, 5) is 26.8. The van der Waals surface area contributed by atoms with E-state index in [0.29, 0.717) is 66.0 Å². The Balaban J connectivity index is 1.49. The van der Waals surface area contributed by atoms with E-state index < -0.39 is 18.0 Å². The summed E-state index contributed by atoms with van der Waals surface area (Å²) in [5.74, 6) is 1.40. The highest BCUT2D eigenvalue weighted by atomic mass is 19.1. The molecule has 3 aromatic rings. The highest BCUT2D eigenvalue weighted by Crippen LogP contribution is 2.33. The van der Waals surface area contributed by atoms with E-state index in [1.54, 1.807) is 47.4 Å². The van der Waals surface area contributed by atoms with Crippen LogP contribution in [0.15, 0.2) is 66.7 Å². The molecule has 0 radical (unpaired) electrons.